The van der Waals surface area contributed by atoms with E-state index >= 15 is 0 Å². The van der Waals surface area contributed by atoms with Crippen molar-refractivity contribution in [3.05, 3.63) is 0 Å². The summed E-state index contributed by atoms with van der Waals surface area (Å²) in [4.78, 5) is 9.59. The van der Waals surface area contributed by atoms with Crippen molar-refractivity contribution in [2.24, 2.45) is 0 Å². The third-order valence-electron chi connectivity index (χ3n) is 1.41. The second-order valence-corrected chi connectivity index (χ2v) is 2.28. The average molecular weight is 132 g/mol. The first kappa shape index (κ1) is 6.99. The van der Waals surface area contributed by atoms with Crippen molar-refractivity contribution in [1.29, 1.82) is 0 Å². The molecule has 0 aromatic heterocycles. The fourth-order valence-electron chi connectivity index (χ4n) is 0.873. The van der Waals surface area contributed by atoms with Gasteiger partial charge in [-0.1, -0.05) is 0 Å². The molecule has 0 bridgehead atoms. The Morgan fingerprint density at radius 3 is 2.78 bits per heavy atom. The second-order valence-electron chi connectivity index (χ2n) is 2.28. The number of rotatable bonds is 1. The van der Waals surface area contributed by atoms with Gasteiger partial charge in [0.1, 0.15) is 6.61 Å². The Kier molecular flexibility index (Phi) is 2.45. The minimum atomic E-state index is 0.170. The van der Waals surface area contributed by atoms with Gasteiger partial charge in [-0.25, -0.2) is 9.78 Å². The predicted octanol–water partition coefficient (Wildman–Crippen LogP) is 0.742. The van der Waals surface area contributed by atoms with Crippen molar-refractivity contribution in [3.8, 4) is 0 Å². The highest BCUT2D eigenvalue weighted by Crippen LogP contribution is 2.11. The Bertz CT molecular complexity index is 84.4. The maximum Gasteiger partial charge on any atom is 0.108 e. The fraction of sp³-hybridized carbons (Fsp3) is 1.00. The zero-order valence-corrected chi connectivity index (χ0v) is 5.79. The fourth-order valence-corrected chi connectivity index (χ4v) is 0.873. The average Bonchev–Trinajstić information content (AvgIpc) is 1.88. The molecule has 1 fully saturated rings. The van der Waals surface area contributed by atoms with Crippen LogP contribution in [0.5, 0.6) is 0 Å². The van der Waals surface area contributed by atoms with Crippen LogP contribution in [0.3, 0.4) is 0 Å². The highest BCUT2D eigenvalue weighted by Gasteiger charge is 2.19. The van der Waals surface area contributed by atoms with E-state index in [0.29, 0.717) is 6.61 Å². The van der Waals surface area contributed by atoms with Crippen molar-refractivity contribution >= 4 is 0 Å². The molecule has 0 aliphatic carbocycles. The van der Waals surface area contributed by atoms with Crippen LogP contribution in [0, 0.1) is 0 Å². The summed E-state index contributed by atoms with van der Waals surface area (Å²) >= 11 is 0. The minimum Gasteiger partial charge on any atom is -0.379 e. The van der Waals surface area contributed by atoms with Crippen molar-refractivity contribution in [2.75, 3.05) is 13.7 Å². The third-order valence-corrected chi connectivity index (χ3v) is 1.41. The van der Waals surface area contributed by atoms with Crippen molar-refractivity contribution in [3.63, 3.8) is 0 Å². The first-order valence-electron chi connectivity index (χ1n) is 3.14. The highest BCUT2D eigenvalue weighted by molar-refractivity contribution is 4.62. The quantitative estimate of drug-likeness (QED) is 0.492. The topological polar surface area (TPSA) is 27.7 Å². The smallest absolute Gasteiger partial charge is 0.108 e. The van der Waals surface area contributed by atoms with Crippen LogP contribution in [0.2, 0.25) is 0 Å². The summed E-state index contributed by atoms with van der Waals surface area (Å²) < 4.78 is 5.06. The van der Waals surface area contributed by atoms with Gasteiger partial charge in [-0.3, -0.25) is 0 Å². The van der Waals surface area contributed by atoms with Crippen LogP contribution in [0.4, 0.5) is 0 Å². The van der Waals surface area contributed by atoms with E-state index in [1.165, 1.54) is 0 Å². The lowest BCUT2D eigenvalue weighted by Gasteiger charge is -2.24. The molecule has 9 heavy (non-hydrogen) atoms. The molecule has 0 radical (unpaired) electrons. The normalized spacial score (nSPS) is 36.7. The first-order valence-corrected chi connectivity index (χ1v) is 3.14. The molecule has 1 saturated heterocycles. The van der Waals surface area contributed by atoms with E-state index in [1.807, 2.05) is 6.92 Å². The van der Waals surface area contributed by atoms with Crippen LogP contribution in [0.25, 0.3) is 0 Å². The number of methoxy groups -OCH3 is 1. The van der Waals surface area contributed by atoms with E-state index in [9.17, 15) is 0 Å². The van der Waals surface area contributed by atoms with E-state index < -0.39 is 0 Å². The molecule has 2 atom stereocenters. The van der Waals surface area contributed by atoms with Crippen LogP contribution in [-0.4, -0.2) is 25.9 Å². The van der Waals surface area contributed by atoms with Gasteiger partial charge in [-0.15, -0.1) is 0 Å². The Hall–Kier alpha value is -0.120. The van der Waals surface area contributed by atoms with Crippen molar-refractivity contribution in [1.82, 2.24) is 0 Å². The summed E-state index contributed by atoms with van der Waals surface area (Å²) in [5.41, 5.74) is 0. The molecule has 1 aliphatic heterocycles. The van der Waals surface area contributed by atoms with Gasteiger partial charge in [0, 0.05) is 13.5 Å². The van der Waals surface area contributed by atoms with Crippen LogP contribution in [-0.2, 0) is 14.5 Å². The van der Waals surface area contributed by atoms with Gasteiger partial charge in [0.05, 0.1) is 12.2 Å². The predicted molar refractivity (Wildman–Crippen MR) is 31.9 cm³/mol. The van der Waals surface area contributed by atoms with Crippen LogP contribution >= 0.6 is 0 Å². The molecule has 3 heteroatoms. The Morgan fingerprint density at radius 2 is 2.33 bits per heavy atom. The molecule has 0 amide bonds. The summed E-state index contributed by atoms with van der Waals surface area (Å²) in [5, 5.41) is 0. The van der Waals surface area contributed by atoms with E-state index in [4.69, 9.17) is 14.5 Å². The maximum atomic E-state index is 5.06. The Labute approximate surface area is 54.8 Å². The lowest BCUT2D eigenvalue weighted by molar-refractivity contribution is -0.358. The van der Waals surface area contributed by atoms with Crippen molar-refractivity contribution < 1.29 is 14.5 Å². The van der Waals surface area contributed by atoms with Gasteiger partial charge < -0.3 is 4.74 Å². The van der Waals surface area contributed by atoms with Gasteiger partial charge in [0.15, 0.2) is 0 Å². The number of hydrogen-bond donors (Lipinski definition) is 0. The first-order chi connectivity index (χ1) is 4.33. The largest absolute Gasteiger partial charge is 0.379 e. The highest BCUT2D eigenvalue weighted by atomic mass is 17.2. The molecule has 1 rings (SSSR count). The molecular weight excluding hydrogens is 120 g/mol. The van der Waals surface area contributed by atoms with Gasteiger partial charge in [-0.05, 0) is 6.92 Å². The monoisotopic (exact) mass is 132 g/mol. The molecule has 54 valence electrons. The standard InChI is InChI=1S/C6H12O3/c1-5-3-6(7-2)4-8-9-5/h5-6H,3-4H2,1-2H3/t5-,6+/m0/s1. The summed E-state index contributed by atoms with van der Waals surface area (Å²) in [6, 6.07) is 0. The molecule has 1 aliphatic rings. The van der Waals surface area contributed by atoms with E-state index in [0.717, 1.165) is 6.42 Å². The summed E-state index contributed by atoms with van der Waals surface area (Å²) in [6.45, 7) is 2.52. The third kappa shape index (κ3) is 1.93. The van der Waals surface area contributed by atoms with Crippen LogP contribution < -0.4 is 0 Å². The minimum absolute atomic E-state index is 0.170. The lowest BCUT2D eigenvalue weighted by atomic mass is 10.2. The molecule has 3 nitrogen and oxygen atoms in total. The maximum absolute atomic E-state index is 5.06. The lowest BCUT2D eigenvalue weighted by Crippen LogP contribution is -2.30. The number of ether oxygens (including phenoxy) is 1. The molecule has 0 N–H and O–H groups in total. The molecule has 0 aromatic rings. The van der Waals surface area contributed by atoms with E-state index in [2.05, 4.69) is 0 Å². The van der Waals surface area contributed by atoms with Gasteiger partial charge >= 0.3 is 0 Å². The zero-order valence-electron chi connectivity index (χ0n) is 5.79. The van der Waals surface area contributed by atoms with Gasteiger partial charge in [-0.2, -0.15) is 0 Å². The SMILES string of the molecule is CO[C@H]1COO[C@@H](C)C1. The molecule has 0 aromatic carbocycles. The second kappa shape index (κ2) is 3.15. The molecule has 1 heterocycles. The van der Waals surface area contributed by atoms with Gasteiger partial charge in [0.25, 0.3) is 0 Å². The number of hydrogen-bond acceptors (Lipinski definition) is 3. The molecule has 0 saturated carbocycles. The molecule has 0 unspecified atom stereocenters. The van der Waals surface area contributed by atoms with Crippen molar-refractivity contribution in [2.45, 2.75) is 25.6 Å². The summed E-state index contributed by atoms with van der Waals surface area (Å²) in [7, 11) is 1.69. The molecule has 0 spiro atoms. The zero-order chi connectivity index (χ0) is 6.69. The van der Waals surface area contributed by atoms with E-state index in [1.54, 1.807) is 7.11 Å². The van der Waals surface area contributed by atoms with Gasteiger partial charge in [0.2, 0.25) is 0 Å². The van der Waals surface area contributed by atoms with Crippen LogP contribution in [0.15, 0.2) is 0 Å². The summed E-state index contributed by atoms with van der Waals surface area (Å²) in [5.74, 6) is 0. The Morgan fingerprint density at radius 1 is 1.56 bits per heavy atom. The summed E-state index contributed by atoms with van der Waals surface area (Å²) in [6.07, 6.45) is 1.31. The Balaban J connectivity index is 2.23. The van der Waals surface area contributed by atoms with Crippen LogP contribution in [0.1, 0.15) is 13.3 Å². The van der Waals surface area contributed by atoms with E-state index in [-0.39, 0.29) is 12.2 Å². The molecular formula is C6H12O3.